The average molecular weight is 418 g/mol. The molecule has 152 valence electrons. The maximum atomic E-state index is 5.82. The van der Waals surface area contributed by atoms with E-state index in [1.807, 2.05) is 24.3 Å². The predicted octanol–water partition coefficient (Wildman–Crippen LogP) is 6.22. The normalized spacial score (nSPS) is 12.2. The predicted molar refractivity (Wildman–Crippen MR) is 123 cm³/mol. The molecule has 0 atom stereocenters. The van der Waals surface area contributed by atoms with Gasteiger partial charge < -0.3 is 9.89 Å². The van der Waals surface area contributed by atoms with Gasteiger partial charge >= 0.3 is 0 Å². The summed E-state index contributed by atoms with van der Waals surface area (Å²) in [5, 5.41) is 0.745. The van der Waals surface area contributed by atoms with Gasteiger partial charge in [-0.2, -0.15) is 0 Å². The van der Waals surface area contributed by atoms with Crippen LogP contribution in [0.4, 0.5) is 0 Å². The van der Waals surface area contributed by atoms with Gasteiger partial charge in [0.25, 0.3) is 5.22 Å². The number of thioether (sulfide) groups is 1. The lowest BCUT2D eigenvalue weighted by atomic mass is 9.79. The van der Waals surface area contributed by atoms with E-state index >= 15 is 0 Å². The molecule has 0 fully saturated rings. The summed E-state index contributed by atoms with van der Waals surface area (Å²) in [5.41, 5.74) is 5.90. The highest BCUT2D eigenvalue weighted by molar-refractivity contribution is 7.99. The number of rotatable bonds is 4. The van der Waals surface area contributed by atoms with Crippen LogP contribution >= 0.6 is 24.4 Å². The maximum absolute atomic E-state index is 5.82. The Labute approximate surface area is 178 Å². The summed E-state index contributed by atoms with van der Waals surface area (Å²) >= 11 is 6.57. The summed E-state index contributed by atoms with van der Waals surface area (Å²) in [7, 11) is 0. The molecule has 2 N–H and O–H groups in total. The lowest BCUT2D eigenvalue weighted by Crippen LogP contribution is -2.19. The summed E-state index contributed by atoms with van der Waals surface area (Å²) in [4.78, 5) is 5.69. The van der Waals surface area contributed by atoms with Crippen molar-refractivity contribution in [2.24, 2.45) is 0 Å². The highest BCUT2D eigenvalue weighted by atomic mass is 32.2. The zero-order valence-corrected chi connectivity index (χ0v) is 19.3. The molecule has 3 aromatic rings. The Morgan fingerprint density at radius 3 is 2.07 bits per heavy atom. The Bertz CT molecular complexity index is 881. The Morgan fingerprint density at radius 1 is 0.964 bits per heavy atom. The number of aromatic nitrogens is 1. The fraction of sp³-hybridized carbons (Fsp3) is 0.435. The molecule has 3 nitrogen and oxygen atoms in total. The van der Waals surface area contributed by atoms with E-state index in [4.69, 9.17) is 17.0 Å². The first-order valence-electron chi connectivity index (χ1n) is 9.41. The quantitative estimate of drug-likeness (QED) is 0.405. The Morgan fingerprint density at radius 2 is 1.54 bits per heavy atom. The van der Waals surface area contributed by atoms with Crippen molar-refractivity contribution in [1.82, 2.24) is 4.98 Å². The first kappa shape index (κ1) is 22.9. The Kier molecular flexibility index (Phi) is 6.95. The second-order valence-corrected chi connectivity index (χ2v) is 10.6. The Balaban J connectivity index is 0.00000280. The maximum Gasteiger partial charge on any atom is 0.256 e. The molecular weight excluding hydrogens is 386 g/mol. The molecule has 0 amide bonds. The standard InChI is InChI=1S/C23H29NOS2.H2O/c1-22(2,3)16-13-15(14-17(20(16)26)23(4,5)6)11-12-27-21-24-18-9-7-8-10-19(18)25-21;/h7-10,13-14,26H,11-12H2,1-6H3;1H2. The molecule has 1 aromatic heterocycles. The van der Waals surface area contributed by atoms with Gasteiger partial charge in [-0.3, -0.25) is 0 Å². The third-order valence-electron chi connectivity index (χ3n) is 4.68. The van der Waals surface area contributed by atoms with Crippen LogP contribution in [0.1, 0.15) is 58.2 Å². The van der Waals surface area contributed by atoms with E-state index in [2.05, 4.69) is 58.7 Å². The summed E-state index contributed by atoms with van der Waals surface area (Å²) < 4.78 is 5.82. The van der Waals surface area contributed by atoms with E-state index in [9.17, 15) is 0 Å². The second-order valence-electron chi connectivity index (χ2n) is 9.09. The minimum absolute atomic E-state index is 0. The van der Waals surface area contributed by atoms with Crippen LogP contribution in [0.3, 0.4) is 0 Å². The highest BCUT2D eigenvalue weighted by Crippen LogP contribution is 2.37. The van der Waals surface area contributed by atoms with E-state index in [1.165, 1.54) is 16.7 Å². The van der Waals surface area contributed by atoms with Gasteiger partial charge in [0.1, 0.15) is 5.52 Å². The number of hydrogen-bond acceptors (Lipinski definition) is 4. The molecule has 0 bridgehead atoms. The van der Waals surface area contributed by atoms with E-state index in [-0.39, 0.29) is 16.3 Å². The average Bonchev–Trinajstić information content (AvgIpc) is 2.96. The van der Waals surface area contributed by atoms with Gasteiger partial charge in [0.2, 0.25) is 0 Å². The van der Waals surface area contributed by atoms with Gasteiger partial charge in [-0.15, -0.1) is 12.6 Å². The number of nitrogens with zero attached hydrogens (tertiary/aromatic N) is 1. The first-order chi connectivity index (χ1) is 12.6. The van der Waals surface area contributed by atoms with Gasteiger partial charge in [0.05, 0.1) is 0 Å². The van der Waals surface area contributed by atoms with Crippen molar-refractivity contribution in [2.75, 3.05) is 5.75 Å². The van der Waals surface area contributed by atoms with Crippen LogP contribution in [0, 0.1) is 0 Å². The van der Waals surface area contributed by atoms with Crippen LogP contribution < -0.4 is 0 Å². The van der Waals surface area contributed by atoms with E-state index in [0.29, 0.717) is 0 Å². The zero-order chi connectivity index (χ0) is 19.8. The van der Waals surface area contributed by atoms with Gasteiger partial charge in [-0.05, 0) is 46.1 Å². The van der Waals surface area contributed by atoms with Gasteiger partial charge in [0.15, 0.2) is 5.58 Å². The van der Waals surface area contributed by atoms with Crippen molar-refractivity contribution in [2.45, 2.75) is 68.9 Å². The summed E-state index contributed by atoms with van der Waals surface area (Å²) in [6, 6.07) is 12.6. The van der Waals surface area contributed by atoms with Crippen molar-refractivity contribution in [1.29, 1.82) is 0 Å². The number of aryl methyl sites for hydroxylation is 1. The van der Waals surface area contributed by atoms with Gasteiger partial charge in [0, 0.05) is 10.6 Å². The first-order valence-corrected chi connectivity index (χ1v) is 10.8. The number of fused-ring (bicyclic) bond motifs is 1. The second kappa shape index (κ2) is 8.52. The summed E-state index contributed by atoms with van der Waals surface area (Å²) in [5.74, 6) is 0.936. The van der Waals surface area contributed by atoms with Crippen molar-refractivity contribution < 1.29 is 9.89 Å². The van der Waals surface area contributed by atoms with Crippen LogP contribution in [-0.2, 0) is 17.3 Å². The van der Waals surface area contributed by atoms with Crippen molar-refractivity contribution in [3.8, 4) is 0 Å². The number of hydrogen-bond donors (Lipinski definition) is 1. The molecule has 0 aliphatic rings. The van der Waals surface area contributed by atoms with Crippen LogP contribution in [0.2, 0.25) is 0 Å². The zero-order valence-electron chi connectivity index (χ0n) is 17.6. The lowest BCUT2D eigenvalue weighted by Gasteiger charge is -2.29. The molecule has 0 saturated carbocycles. The SMILES string of the molecule is CC(C)(C)c1cc(CCSc2nc3ccccc3o2)cc(C(C)(C)C)c1S.O. The van der Waals surface area contributed by atoms with Crippen molar-refractivity contribution in [3.63, 3.8) is 0 Å². The van der Waals surface area contributed by atoms with E-state index in [0.717, 1.165) is 33.4 Å². The highest BCUT2D eigenvalue weighted by Gasteiger charge is 2.25. The molecule has 0 spiro atoms. The molecule has 5 heteroatoms. The molecule has 0 radical (unpaired) electrons. The topological polar surface area (TPSA) is 57.5 Å². The molecule has 0 saturated heterocycles. The molecule has 2 aromatic carbocycles. The number of para-hydroxylation sites is 2. The lowest BCUT2D eigenvalue weighted by molar-refractivity contribution is 0.489. The minimum Gasteiger partial charge on any atom is -0.431 e. The van der Waals surface area contributed by atoms with Gasteiger partial charge in [-0.1, -0.05) is 77.6 Å². The minimum atomic E-state index is 0. The van der Waals surface area contributed by atoms with E-state index < -0.39 is 0 Å². The molecule has 1 heterocycles. The van der Waals surface area contributed by atoms with Gasteiger partial charge in [-0.25, -0.2) is 4.98 Å². The third kappa shape index (κ3) is 5.13. The fourth-order valence-corrected chi connectivity index (χ4v) is 4.77. The molecule has 28 heavy (non-hydrogen) atoms. The molecule has 3 rings (SSSR count). The van der Waals surface area contributed by atoms with Crippen LogP contribution in [0.5, 0.6) is 0 Å². The molecule has 0 unspecified atom stereocenters. The number of benzene rings is 2. The molecule has 0 aliphatic carbocycles. The Hall–Kier alpha value is -1.43. The number of thiol groups is 1. The molecule has 0 aliphatic heterocycles. The third-order valence-corrected chi connectivity index (χ3v) is 5.99. The largest absolute Gasteiger partial charge is 0.431 e. The van der Waals surface area contributed by atoms with Crippen molar-refractivity contribution in [3.05, 3.63) is 53.1 Å². The number of oxazole rings is 1. The van der Waals surface area contributed by atoms with Crippen LogP contribution in [-0.4, -0.2) is 16.2 Å². The summed E-state index contributed by atoms with van der Waals surface area (Å²) in [6.07, 6.45) is 0.976. The molecular formula is C23H31NO2S2. The van der Waals surface area contributed by atoms with E-state index in [1.54, 1.807) is 11.8 Å². The van der Waals surface area contributed by atoms with Crippen LogP contribution in [0.15, 0.2) is 50.9 Å². The summed E-state index contributed by atoms with van der Waals surface area (Å²) in [6.45, 7) is 13.5. The van der Waals surface area contributed by atoms with Crippen LogP contribution in [0.25, 0.3) is 11.1 Å². The smallest absolute Gasteiger partial charge is 0.256 e. The van der Waals surface area contributed by atoms with Crippen molar-refractivity contribution >= 4 is 35.5 Å². The fourth-order valence-electron chi connectivity index (χ4n) is 3.15. The monoisotopic (exact) mass is 417 g/mol.